The third-order valence-electron chi connectivity index (χ3n) is 5.26. The number of anilines is 1. The summed E-state index contributed by atoms with van der Waals surface area (Å²) in [6, 6.07) is 19.3. The van der Waals surface area contributed by atoms with E-state index in [1.54, 1.807) is 0 Å². The van der Waals surface area contributed by atoms with Crippen molar-refractivity contribution in [3.63, 3.8) is 0 Å². The van der Waals surface area contributed by atoms with Crippen molar-refractivity contribution < 1.29 is 0 Å². The minimum Gasteiger partial charge on any atom is -0.370 e. The number of rotatable bonds is 8. The number of para-hydroxylation sites is 1. The van der Waals surface area contributed by atoms with E-state index in [0.29, 0.717) is 12.5 Å². The van der Waals surface area contributed by atoms with E-state index in [1.165, 1.54) is 16.8 Å². The lowest BCUT2D eigenvalue weighted by Crippen LogP contribution is -2.46. The molecule has 0 atom stereocenters. The summed E-state index contributed by atoms with van der Waals surface area (Å²) in [7, 11) is 0. The molecule has 0 amide bonds. The Morgan fingerprint density at radius 3 is 2.36 bits per heavy atom. The van der Waals surface area contributed by atoms with Gasteiger partial charge in [-0.2, -0.15) is 0 Å². The van der Waals surface area contributed by atoms with Crippen LogP contribution in [0, 0.1) is 0 Å². The molecule has 5 heteroatoms. The zero-order valence-corrected chi connectivity index (χ0v) is 17.0. The maximum absolute atomic E-state index is 5.99. The molecule has 1 aliphatic heterocycles. The number of benzene rings is 2. The Kier molecular flexibility index (Phi) is 7.73. The Bertz CT molecular complexity index is 736. The lowest BCUT2D eigenvalue weighted by atomic mass is 10.1. The van der Waals surface area contributed by atoms with Crippen molar-refractivity contribution >= 4 is 11.6 Å². The van der Waals surface area contributed by atoms with Gasteiger partial charge in [-0.3, -0.25) is 4.90 Å². The van der Waals surface area contributed by atoms with Crippen LogP contribution in [-0.4, -0.2) is 43.6 Å². The lowest BCUT2D eigenvalue weighted by molar-refractivity contribution is 0.249. The Labute approximate surface area is 169 Å². The molecule has 28 heavy (non-hydrogen) atoms. The van der Waals surface area contributed by atoms with Crippen molar-refractivity contribution in [2.24, 2.45) is 10.7 Å². The summed E-state index contributed by atoms with van der Waals surface area (Å²) in [6.45, 7) is 8.95. The zero-order chi connectivity index (χ0) is 19.6. The molecule has 150 valence electrons. The highest BCUT2D eigenvalue weighted by Crippen LogP contribution is 2.18. The fourth-order valence-electron chi connectivity index (χ4n) is 3.53. The van der Waals surface area contributed by atoms with Crippen LogP contribution in [0.1, 0.15) is 30.9 Å². The topological polar surface area (TPSA) is 56.9 Å². The molecule has 0 spiro atoms. The van der Waals surface area contributed by atoms with Gasteiger partial charge >= 0.3 is 0 Å². The van der Waals surface area contributed by atoms with Crippen molar-refractivity contribution in [1.82, 2.24) is 10.2 Å². The van der Waals surface area contributed by atoms with Crippen molar-refractivity contribution in [2.45, 2.75) is 32.9 Å². The van der Waals surface area contributed by atoms with E-state index in [0.717, 1.165) is 52.1 Å². The predicted octanol–water partition coefficient (Wildman–Crippen LogP) is 3.21. The molecule has 0 saturated carbocycles. The number of guanidine groups is 1. The van der Waals surface area contributed by atoms with E-state index < -0.39 is 0 Å². The van der Waals surface area contributed by atoms with Crippen LogP contribution in [0.2, 0.25) is 0 Å². The standard InChI is InChI=1S/C23H33N5/c1-2-3-13-25-23(24)26-18-20-9-7-8-10-21(20)19-27-14-16-28(17-15-27)22-11-5-4-6-12-22/h4-12H,2-3,13-19H2,1H3,(H3,24,25,26). The highest BCUT2D eigenvalue weighted by molar-refractivity contribution is 5.77. The van der Waals surface area contributed by atoms with E-state index >= 15 is 0 Å². The molecule has 1 fully saturated rings. The van der Waals surface area contributed by atoms with Gasteiger partial charge in [0.05, 0.1) is 6.54 Å². The van der Waals surface area contributed by atoms with Crippen LogP contribution in [0.5, 0.6) is 0 Å². The quantitative estimate of drug-likeness (QED) is 0.420. The molecule has 0 aliphatic carbocycles. The lowest BCUT2D eigenvalue weighted by Gasteiger charge is -2.36. The molecular weight excluding hydrogens is 346 g/mol. The van der Waals surface area contributed by atoms with Crippen LogP contribution in [0.3, 0.4) is 0 Å². The van der Waals surface area contributed by atoms with Gasteiger partial charge in [0.2, 0.25) is 0 Å². The Morgan fingerprint density at radius 1 is 0.964 bits per heavy atom. The Balaban J connectivity index is 1.53. The second-order valence-corrected chi connectivity index (χ2v) is 7.35. The SMILES string of the molecule is CCCCNC(N)=NCc1ccccc1CN1CCN(c2ccccc2)CC1. The van der Waals surface area contributed by atoms with Crippen LogP contribution in [0.4, 0.5) is 5.69 Å². The molecule has 0 bridgehead atoms. The average Bonchev–Trinajstić information content (AvgIpc) is 2.74. The maximum Gasteiger partial charge on any atom is 0.188 e. The number of unbranched alkanes of at least 4 members (excludes halogenated alkanes) is 1. The molecule has 2 aromatic rings. The Hall–Kier alpha value is -2.53. The summed E-state index contributed by atoms with van der Waals surface area (Å²) < 4.78 is 0. The first kappa shape index (κ1) is 20.2. The minimum atomic E-state index is 0.541. The molecule has 0 unspecified atom stereocenters. The van der Waals surface area contributed by atoms with Gasteiger partial charge in [-0.05, 0) is 29.7 Å². The molecule has 5 nitrogen and oxygen atoms in total. The number of nitrogens with two attached hydrogens (primary N) is 1. The largest absolute Gasteiger partial charge is 0.370 e. The average molecular weight is 380 g/mol. The van der Waals surface area contributed by atoms with Crippen LogP contribution in [-0.2, 0) is 13.1 Å². The summed E-state index contributed by atoms with van der Waals surface area (Å²) in [6.07, 6.45) is 2.27. The third-order valence-corrected chi connectivity index (χ3v) is 5.26. The number of piperazine rings is 1. The molecule has 0 radical (unpaired) electrons. The molecule has 3 rings (SSSR count). The second kappa shape index (κ2) is 10.7. The molecule has 3 N–H and O–H groups in total. The van der Waals surface area contributed by atoms with Crippen molar-refractivity contribution in [2.75, 3.05) is 37.6 Å². The van der Waals surface area contributed by atoms with Gasteiger partial charge in [-0.1, -0.05) is 55.8 Å². The first-order valence-corrected chi connectivity index (χ1v) is 10.4. The van der Waals surface area contributed by atoms with E-state index in [4.69, 9.17) is 5.73 Å². The van der Waals surface area contributed by atoms with Gasteiger partial charge in [0.25, 0.3) is 0 Å². The van der Waals surface area contributed by atoms with Crippen LogP contribution >= 0.6 is 0 Å². The van der Waals surface area contributed by atoms with Crippen molar-refractivity contribution in [3.05, 3.63) is 65.7 Å². The van der Waals surface area contributed by atoms with E-state index in [-0.39, 0.29) is 0 Å². The smallest absolute Gasteiger partial charge is 0.188 e. The molecular formula is C23H33N5. The molecule has 1 saturated heterocycles. The Morgan fingerprint density at radius 2 is 1.64 bits per heavy atom. The zero-order valence-electron chi connectivity index (χ0n) is 17.0. The second-order valence-electron chi connectivity index (χ2n) is 7.35. The van der Waals surface area contributed by atoms with Gasteiger partial charge in [-0.15, -0.1) is 0 Å². The van der Waals surface area contributed by atoms with E-state index in [1.807, 2.05) is 0 Å². The number of hydrogen-bond donors (Lipinski definition) is 2. The normalized spacial score (nSPS) is 15.6. The summed E-state index contributed by atoms with van der Waals surface area (Å²) in [5, 5.41) is 3.19. The fraction of sp³-hybridized carbons (Fsp3) is 0.435. The molecule has 2 aromatic carbocycles. The first-order valence-electron chi connectivity index (χ1n) is 10.4. The van der Waals surface area contributed by atoms with E-state index in [2.05, 4.69) is 81.6 Å². The first-order chi connectivity index (χ1) is 13.8. The fourth-order valence-corrected chi connectivity index (χ4v) is 3.53. The van der Waals surface area contributed by atoms with Gasteiger partial charge < -0.3 is 16.0 Å². The number of aliphatic imine (C=N–C) groups is 1. The summed E-state index contributed by atoms with van der Waals surface area (Å²) in [4.78, 5) is 9.53. The van der Waals surface area contributed by atoms with Gasteiger partial charge in [0.15, 0.2) is 5.96 Å². The van der Waals surface area contributed by atoms with Gasteiger partial charge in [0.1, 0.15) is 0 Å². The summed E-state index contributed by atoms with van der Waals surface area (Å²) in [5.41, 5.74) is 9.92. The molecule has 1 aliphatic rings. The van der Waals surface area contributed by atoms with Gasteiger partial charge in [0, 0.05) is 45.0 Å². The summed E-state index contributed by atoms with van der Waals surface area (Å²) >= 11 is 0. The highest BCUT2D eigenvalue weighted by Gasteiger charge is 2.18. The predicted molar refractivity (Wildman–Crippen MR) is 119 cm³/mol. The van der Waals surface area contributed by atoms with Crippen LogP contribution in [0.25, 0.3) is 0 Å². The van der Waals surface area contributed by atoms with Crippen LogP contribution in [0.15, 0.2) is 59.6 Å². The van der Waals surface area contributed by atoms with Crippen molar-refractivity contribution in [1.29, 1.82) is 0 Å². The summed E-state index contributed by atoms with van der Waals surface area (Å²) in [5.74, 6) is 0.541. The van der Waals surface area contributed by atoms with E-state index in [9.17, 15) is 0 Å². The minimum absolute atomic E-state index is 0.541. The third kappa shape index (κ3) is 5.99. The molecule has 0 aromatic heterocycles. The number of nitrogens with one attached hydrogen (secondary N) is 1. The maximum atomic E-state index is 5.99. The highest BCUT2D eigenvalue weighted by atomic mass is 15.3. The van der Waals surface area contributed by atoms with Gasteiger partial charge in [-0.25, -0.2) is 4.99 Å². The van der Waals surface area contributed by atoms with Crippen molar-refractivity contribution in [3.8, 4) is 0 Å². The number of nitrogens with zero attached hydrogens (tertiary/aromatic N) is 3. The van der Waals surface area contributed by atoms with Crippen LogP contribution < -0.4 is 16.0 Å². The monoisotopic (exact) mass is 379 g/mol. The number of hydrogen-bond acceptors (Lipinski definition) is 3. The molecule has 1 heterocycles.